The Labute approximate surface area is 151 Å². The third-order valence-corrected chi connectivity index (χ3v) is 5.96. The normalized spacial score (nSPS) is 11.7. The predicted octanol–water partition coefficient (Wildman–Crippen LogP) is 3.23. The molecule has 0 aliphatic carbocycles. The Bertz CT molecular complexity index is 1200. The summed E-state index contributed by atoms with van der Waals surface area (Å²) in [5.41, 5.74) is 8.71. The summed E-state index contributed by atoms with van der Waals surface area (Å²) in [6.45, 7) is 1.83. The Morgan fingerprint density at radius 1 is 0.962 bits per heavy atom. The van der Waals surface area contributed by atoms with Crippen LogP contribution in [0.5, 0.6) is 0 Å². The number of aryl methyl sites for hydroxylation is 1. The van der Waals surface area contributed by atoms with E-state index in [1.54, 1.807) is 60.7 Å². The van der Waals surface area contributed by atoms with Gasteiger partial charge in [0.1, 0.15) is 6.33 Å². The lowest BCUT2D eigenvalue weighted by Gasteiger charge is -2.11. The fourth-order valence-electron chi connectivity index (χ4n) is 2.91. The zero-order chi connectivity index (χ0) is 18.3. The van der Waals surface area contributed by atoms with Crippen LogP contribution < -0.4 is 5.73 Å². The number of nitrogens with two attached hydrogens (primary N) is 1. The van der Waals surface area contributed by atoms with Crippen molar-refractivity contribution in [2.24, 2.45) is 0 Å². The van der Waals surface area contributed by atoms with E-state index < -0.39 is 10.0 Å². The molecule has 0 bridgehead atoms. The number of fused-ring (bicyclic) bond motifs is 1. The van der Waals surface area contributed by atoms with E-state index in [9.17, 15) is 8.42 Å². The monoisotopic (exact) mass is 364 g/mol. The SMILES string of the molecule is Cc1ncnc2c1cc(-c1ccc(N)cc1)n2S(=O)(=O)c1ccccc1. The zero-order valence-electron chi connectivity index (χ0n) is 14.0. The van der Waals surface area contributed by atoms with Crippen LogP contribution in [-0.4, -0.2) is 22.4 Å². The molecule has 0 aliphatic heterocycles. The molecule has 0 atom stereocenters. The van der Waals surface area contributed by atoms with Crippen LogP contribution >= 0.6 is 0 Å². The lowest BCUT2D eigenvalue weighted by atomic mass is 10.1. The molecule has 0 aliphatic rings. The van der Waals surface area contributed by atoms with E-state index in [0.717, 1.165) is 5.56 Å². The van der Waals surface area contributed by atoms with Gasteiger partial charge in [-0.3, -0.25) is 0 Å². The van der Waals surface area contributed by atoms with Gasteiger partial charge in [-0.05, 0) is 42.8 Å². The average Bonchev–Trinajstić information content (AvgIpc) is 3.05. The highest BCUT2D eigenvalue weighted by Crippen LogP contribution is 2.32. The third-order valence-electron chi connectivity index (χ3n) is 4.24. The highest BCUT2D eigenvalue weighted by atomic mass is 32.2. The first-order valence-electron chi connectivity index (χ1n) is 7.98. The minimum atomic E-state index is -3.83. The lowest BCUT2D eigenvalue weighted by Crippen LogP contribution is -2.14. The van der Waals surface area contributed by atoms with Crippen molar-refractivity contribution in [1.82, 2.24) is 13.9 Å². The number of nitrogen functional groups attached to an aromatic ring is 1. The Morgan fingerprint density at radius 2 is 1.65 bits per heavy atom. The highest BCUT2D eigenvalue weighted by molar-refractivity contribution is 7.90. The van der Waals surface area contributed by atoms with Gasteiger partial charge in [-0.25, -0.2) is 22.4 Å². The van der Waals surface area contributed by atoms with Crippen molar-refractivity contribution < 1.29 is 8.42 Å². The van der Waals surface area contributed by atoms with Crippen molar-refractivity contribution in [2.45, 2.75) is 11.8 Å². The molecule has 130 valence electrons. The molecule has 2 aromatic heterocycles. The van der Waals surface area contributed by atoms with E-state index in [2.05, 4.69) is 9.97 Å². The smallest absolute Gasteiger partial charge is 0.269 e. The summed E-state index contributed by atoms with van der Waals surface area (Å²) in [5, 5.41) is 0.693. The average molecular weight is 364 g/mol. The molecular formula is C19H16N4O2S. The van der Waals surface area contributed by atoms with Gasteiger partial charge >= 0.3 is 0 Å². The zero-order valence-corrected chi connectivity index (χ0v) is 14.8. The molecule has 26 heavy (non-hydrogen) atoms. The van der Waals surface area contributed by atoms with Gasteiger partial charge < -0.3 is 5.73 Å². The third kappa shape index (κ3) is 2.53. The fraction of sp³-hybridized carbons (Fsp3) is 0.0526. The molecule has 0 radical (unpaired) electrons. The largest absolute Gasteiger partial charge is 0.399 e. The topological polar surface area (TPSA) is 90.9 Å². The number of anilines is 1. The number of nitrogens with zero attached hydrogens (tertiary/aromatic N) is 3. The van der Waals surface area contributed by atoms with Gasteiger partial charge in [-0.2, -0.15) is 0 Å². The standard InChI is InChI=1S/C19H16N4O2S/c1-13-17-11-18(14-7-9-15(20)10-8-14)23(19(17)22-12-21-13)26(24,25)16-5-3-2-4-6-16/h2-12H,20H2,1H3. The Hall–Kier alpha value is -3.19. The van der Waals surface area contributed by atoms with Gasteiger partial charge in [0.15, 0.2) is 5.65 Å². The van der Waals surface area contributed by atoms with Crippen LogP contribution in [0.3, 0.4) is 0 Å². The molecule has 6 nitrogen and oxygen atoms in total. The molecule has 0 unspecified atom stereocenters. The molecule has 0 saturated heterocycles. The fourth-order valence-corrected chi connectivity index (χ4v) is 4.41. The summed E-state index contributed by atoms with van der Waals surface area (Å²) >= 11 is 0. The summed E-state index contributed by atoms with van der Waals surface area (Å²) in [7, 11) is -3.83. The maximum Gasteiger partial charge on any atom is 0.269 e. The molecule has 0 fully saturated rings. The van der Waals surface area contributed by atoms with E-state index in [1.807, 2.05) is 6.92 Å². The van der Waals surface area contributed by atoms with Crippen LogP contribution in [0.15, 0.2) is 71.9 Å². The van der Waals surface area contributed by atoms with Crippen molar-refractivity contribution in [1.29, 1.82) is 0 Å². The van der Waals surface area contributed by atoms with E-state index in [-0.39, 0.29) is 4.90 Å². The number of aromatic nitrogens is 3. The predicted molar refractivity (Wildman–Crippen MR) is 101 cm³/mol. The molecule has 7 heteroatoms. The summed E-state index contributed by atoms with van der Waals surface area (Å²) in [6.07, 6.45) is 1.38. The highest BCUT2D eigenvalue weighted by Gasteiger charge is 2.25. The van der Waals surface area contributed by atoms with Gasteiger partial charge in [0.2, 0.25) is 0 Å². The van der Waals surface area contributed by atoms with Crippen LogP contribution in [0.25, 0.3) is 22.3 Å². The molecule has 0 amide bonds. The number of hydrogen-bond acceptors (Lipinski definition) is 5. The lowest BCUT2D eigenvalue weighted by molar-refractivity contribution is 0.589. The van der Waals surface area contributed by atoms with Gasteiger partial charge in [0.05, 0.1) is 16.3 Å². The first-order valence-corrected chi connectivity index (χ1v) is 9.42. The van der Waals surface area contributed by atoms with Crippen LogP contribution in [0, 0.1) is 6.92 Å². The van der Waals surface area contributed by atoms with Crippen molar-refractivity contribution in [3.8, 4) is 11.3 Å². The van der Waals surface area contributed by atoms with Gasteiger partial charge in [-0.15, -0.1) is 0 Å². The quantitative estimate of drug-likeness (QED) is 0.564. The summed E-state index contributed by atoms with van der Waals surface area (Å²) < 4.78 is 28.0. The van der Waals surface area contributed by atoms with E-state index in [4.69, 9.17) is 5.73 Å². The van der Waals surface area contributed by atoms with Gasteiger partial charge in [0, 0.05) is 11.1 Å². The molecule has 0 saturated carbocycles. The minimum absolute atomic E-state index is 0.200. The van der Waals surface area contributed by atoms with Crippen LogP contribution in [0.2, 0.25) is 0 Å². The Morgan fingerprint density at radius 3 is 2.35 bits per heavy atom. The first-order chi connectivity index (χ1) is 12.5. The maximum atomic E-state index is 13.4. The molecular weight excluding hydrogens is 348 g/mol. The second-order valence-corrected chi connectivity index (χ2v) is 7.72. The molecule has 4 aromatic rings. The summed E-state index contributed by atoms with van der Waals surface area (Å²) in [5.74, 6) is 0. The van der Waals surface area contributed by atoms with Crippen molar-refractivity contribution in [3.63, 3.8) is 0 Å². The van der Waals surface area contributed by atoms with E-state index in [0.29, 0.717) is 28.1 Å². The van der Waals surface area contributed by atoms with Crippen LogP contribution in [-0.2, 0) is 10.0 Å². The number of benzene rings is 2. The van der Waals surface area contributed by atoms with Gasteiger partial charge in [-0.1, -0.05) is 30.3 Å². The van der Waals surface area contributed by atoms with Crippen molar-refractivity contribution in [3.05, 3.63) is 72.7 Å². The Balaban J connectivity index is 2.09. The Kier molecular flexibility index (Phi) is 3.73. The van der Waals surface area contributed by atoms with E-state index in [1.165, 1.54) is 10.3 Å². The number of rotatable bonds is 3. The molecule has 2 N–H and O–H groups in total. The van der Waals surface area contributed by atoms with Crippen molar-refractivity contribution >= 4 is 26.7 Å². The molecule has 4 rings (SSSR count). The second kappa shape index (κ2) is 5.96. The second-order valence-electron chi connectivity index (χ2n) is 5.93. The first kappa shape index (κ1) is 16.3. The van der Waals surface area contributed by atoms with Crippen LogP contribution in [0.1, 0.15) is 5.69 Å². The maximum absolute atomic E-state index is 13.4. The van der Waals surface area contributed by atoms with Crippen molar-refractivity contribution in [2.75, 3.05) is 5.73 Å². The molecule has 0 spiro atoms. The minimum Gasteiger partial charge on any atom is -0.399 e. The number of hydrogen-bond donors (Lipinski definition) is 1. The van der Waals surface area contributed by atoms with E-state index >= 15 is 0 Å². The molecule has 2 aromatic carbocycles. The van der Waals surface area contributed by atoms with Gasteiger partial charge in [0.25, 0.3) is 10.0 Å². The summed E-state index contributed by atoms with van der Waals surface area (Å²) in [6, 6.07) is 17.2. The summed E-state index contributed by atoms with van der Waals surface area (Å²) in [4.78, 5) is 8.63. The molecule has 2 heterocycles. The van der Waals surface area contributed by atoms with Crippen LogP contribution in [0.4, 0.5) is 5.69 Å².